The van der Waals surface area contributed by atoms with Crippen LogP contribution in [0.5, 0.6) is 0 Å². The normalized spacial score (nSPS) is 19.4. The molecular formula is C26H33N5O. The number of anilines is 2. The molecule has 0 spiro atoms. The summed E-state index contributed by atoms with van der Waals surface area (Å²) in [7, 11) is 3.98. The molecule has 0 aliphatic heterocycles. The van der Waals surface area contributed by atoms with Crippen LogP contribution in [-0.4, -0.2) is 36.0 Å². The average Bonchev–Trinajstić information content (AvgIpc) is 2.80. The number of carbonyl (C=O) groups is 1. The Hall–Kier alpha value is -3.15. The second-order valence-electron chi connectivity index (χ2n) is 9.09. The molecule has 6 nitrogen and oxygen atoms in total. The maximum Gasteiger partial charge on any atom is 0.224 e. The molecule has 32 heavy (non-hydrogen) atoms. The van der Waals surface area contributed by atoms with E-state index in [-0.39, 0.29) is 17.9 Å². The van der Waals surface area contributed by atoms with Crippen LogP contribution in [0.4, 0.5) is 11.8 Å². The number of hydrogen-bond donors (Lipinski definition) is 2. The number of hydrogen-bond acceptors (Lipinski definition) is 5. The fourth-order valence-corrected chi connectivity index (χ4v) is 4.67. The van der Waals surface area contributed by atoms with Gasteiger partial charge in [-0.1, -0.05) is 42.5 Å². The zero-order valence-corrected chi connectivity index (χ0v) is 19.4. The molecule has 0 unspecified atom stereocenters. The fourth-order valence-electron chi connectivity index (χ4n) is 4.67. The number of rotatable bonds is 6. The Labute approximate surface area is 190 Å². The molecule has 0 bridgehead atoms. The van der Waals surface area contributed by atoms with E-state index in [2.05, 4.69) is 57.9 Å². The highest BCUT2D eigenvalue weighted by atomic mass is 16.1. The van der Waals surface area contributed by atoms with Crippen molar-refractivity contribution in [1.82, 2.24) is 15.3 Å². The summed E-state index contributed by atoms with van der Waals surface area (Å²) in [6.07, 6.45) is 5.49. The number of amides is 1. The minimum absolute atomic E-state index is 0.0186. The summed E-state index contributed by atoms with van der Waals surface area (Å²) >= 11 is 0. The molecule has 1 fully saturated rings. The van der Waals surface area contributed by atoms with Gasteiger partial charge in [-0.25, -0.2) is 4.98 Å². The van der Waals surface area contributed by atoms with Gasteiger partial charge >= 0.3 is 0 Å². The van der Waals surface area contributed by atoms with Crippen molar-refractivity contribution in [3.63, 3.8) is 0 Å². The molecule has 3 aromatic rings. The van der Waals surface area contributed by atoms with Gasteiger partial charge in [0.2, 0.25) is 11.9 Å². The van der Waals surface area contributed by atoms with Crippen LogP contribution in [0.25, 0.3) is 10.8 Å². The van der Waals surface area contributed by atoms with E-state index < -0.39 is 0 Å². The van der Waals surface area contributed by atoms with Gasteiger partial charge in [-0.05, 0) is 55.9 Å². The van der Waals surface area contributed by atoms with Gasteiger partial charge in [0.25, 0.3) is 0 Å². The molecule has 4 rings (SSSR count). The Morgan fingerprint density at radius 1 is 1.06 bits per heavy atom. The zero-order valence-electron chi connectivity index (χ0n) is 19.4. The SMILES string of the molecule is Cc1cnc(NC2CCC(C(=O)N[C@H](C)c3cccc4ccccc34)CC2)nc1N(C)C. The van der Waals surface area contributed by atoms with Crippen LogP contribution >= 0.6 is 0 Å². The topological polar surface area (TPSA) is 70.1 Å². The Morgan fingerprint density at radius 3 is 2.53 bits per heavy atom. The Bertz CT molecular complexity index is 1080. The average molecular weight is 432 g/mol. The van der Waals surface area contributed by atoms with E-state index in [1.807, 2.05) is 44.2 Å². The second kappa shape index (κ2) is 9.55. The van der Waals surface area contributed by atoms with Gasteiger partial charge in [0, 0.05) is 37.8 Å². The van der Waals surface area contributed by atoms with Crippen molar-refractivity contribution in [3.8, 4) is 0 Å². The maximum atomic E-state index is 13.0. The number of nitrogens with zero attached hydrogens (tertiary/aromatic N) is 3. The molecular weight excluding hydrogens is 398 g/mol. The first kappa shape index (κ1) is 22.1. The first-order chi connectivity index (χ1) is 15.4. The lowest BCUT2D eigenvalue weighted by atomic mass is 9.85. The Morgan fingerprint density at radius 2 is 1.78 bits per heavy atom. The van der Waals surface area contributed by atoms with E-state index in [1.54, 1.807) is 0 Å². The number of carbonyl (C=O) groups excluding carboxylic acids is 1. The summed E-state index contributed by atoms with van der Waals surface area (Å²) in [5.74, 6) is 1.81. The second-order valence-corrected chi connectivity index (χ2v) is 9.09. The molecule has 1 atom stereocenters. The number of nitrogens with one attached hydrogen (secondary N) is 2. The van der Waals surface area contributed by atoms with Gasteiger partial charge in [0.1, 0.15) is 5.82 Å². The smallest absolute Gasteiger partial charge is 0.224 e. The summed E-state index contributed by atoms with van der Waals surface area (Å²) in [5, 5.41) is 9.13. The van der Waals surface area contributed by atoms with Crippen molar-refractivity contribution in [2.24, 2.45) is 5.92 Å². The van der Waals surface area contributed by atoms with Crippen LogP contribution in [0.15, 0.2) is 48.7 Å². The van der Waals surface area contributed by atoms with E-state index >= 15 is 0 Å². The quantitative estimate of drug-likeness (QED) is 0.584. The van der Waals surface area contributed by atoms with Gasteiger partial charge in [-0.3, -0.25) is 4.79 Å². The van der Waals surface area contributed by atoms with E-state index in [0.29, 0.717) is 12.0 Å². The van der Waals surface area contributed by atoms with Crippen LogP contribution < -0.4 is 15.5 Å². The van der Waals surface area contributed by atoms with Gasteiger partial charge in [0.15, 0.2) is 0 Å². The van der Waals surface area contributed by atoms with Crippen molar-refractivity contribution in [2.75, 3.05) is 24.3 Å². The predicted molar refractivity (Wildman–Crippen MR) is 131 cm³/mol. The molecule has 168 valence electrons. The number of fused-ring (bicyclic) bond motifs is 1. The fraction of sp³-hybridized carbons (Fsp3) is 0.423. The Kier molecular flexibility index (Phi) is 6.58. The van der Waals surface area contributed by atoms with Crippen molar-refractivity contribution < 1.29 is 4.79 Å². The van der Waals surface area contributed by atoms with Crippen molar-refractivity contribution in [3.05, 3.63) is 59.8 Å². The minimum Gasteiger partial charge on any atom is -0.362 e. The molecule has 1 aliphatic carbocycles. The molecule has 0 saturated heterocycles. The maximum absolute atomic E-state index is 13.0. The summed E-state index contributed by atoms with van der Waals surface area (Å²) in [6.45, 7) is 4.09. The molecule has 1 amide bonds. The van der Waals surface area contributed by atoms with Crippen LogP contribution in [0.1, 0.15) is 49.8 Å². The van der Waals surface area contributed by atoms with Gasteiger partial charge in [0.05, 0.1) is 6.04 Å². The zero-order chi connectivity index (χ0) is 22.7. The molecule has 1 aromatic heterocycles. The first-order valence-electron chi connectivity index (χ1n) is 11.5. The lowest BCUT2D eigenvalue weighted by Gasteiger charge is -2.29. The lowest BCUT2D eigenvalue weighted by molar-refractivity contribution is -0.126. The summed E-state index contributed by atoms with van der Waals surface area (Å²) < 4.78 is 0. The molecule has 1 saturated carbocycles. The molecule has 1 heterocycles. The van der Waals surface area contributed by atoms with Crippen molar-refractivity contribution in [2.45, 2.75) is 51.6 Å². The molecule has 6 heteroatoms. The molecule has 2 aromatic carbocycles. The van der Waals surface area contributed by atoms with Gasteiger partial charge < -0.3 is 15.5 Å². The first-order valence-corrected chi connectivity index (χ1v) is 11.5. The van der Waals surface area contributed by atoms with Gasteiger partial charge in [-0.2, -0.15) is 4.98 Å². The highest BCUT2D eigenvalue weighted by Gasteiger charge is 2.28. The van der Waals surface area contributed by atoms with Crippen LogP contribution in [-0.2, 0) is 4.79 Å². The predicted octanol–water partition coefficient (Wildman–Crippen LogP) is 4.85. The van der Waals surface area contributed by atoms with Crippen molar-refractivity contribution >= 4 is 28.4 Å². The summed E-state index contributed by atoms with van der Waals surface area (Å²) in [5.41, 5.74) is 2.22. The summed E-state index contributed by atoms with van der Waals surface area (Å²) in [6, 6.07) is 14.9. The Balaban J connectivity index is 1.33. The minimum atomic E-state index is -0.0186. The van der Waals surface area contributed by atoms with Crippen molar-refractivity contribution in [1.29, 1.82) is 0 Å². The lowest BCUT2D eigenvalue weighted by Crippen LogP contribution is -2.37. The third-order valence-corrected chi connectivity index (χ3v) is 6.45. The standard InChI is InChI=1S/C26H33N5O/c1-17-16-27-26(30-24(17)31(3)4)29-21-14-12-20(13-15-21)25(32)28-18(2)22-11-7-9-19-8-5-6-10-23(19)22/h5-11,16,18,20-21H,12-15H2,1-4H3,(H,28,32)(H,27,29,30)/t18-,20?,21?/m1/s1. The highest BCUT2D eigenvalue weighted by Crippen LogP contribution is 2.29. The summed E-state index contributed by atoms with van der Waals surface area (Å²) in [4.78, 5) is 24.1. The number of benzene rings is 2. The molecule has 2 N–H and O–H groups in total. The van der Waals surface area contributed by atoms with E-state index in [0.717, 1.165) is 37.1 Å². The van der Waals surface area contributed by atoms with Crippen LogP contribution in [0.3, 0.4) is 0 Å². The monoisotopic (exact) mass is 431 g/mol. The third-order valence-electron chi connectivity index (χ3n) is 6.45. The van der Waals surface area contributed by atoms with Crippen LogP contribution in [0.2, 0.25) is 0 Å². The number of aromatic nitrogens is 2. The van der Waals surface area contributed by atoms with E-state index in [4.69, 9.17) is 0 Å². The largest absolute Gasteiger partial charge is 0.362 e. The highest BCUT2D eigenvalue weighted by molar-refractivity contribution is 5.87. The van der Waals surface area contributed by atoms with Crippen LogP contribution in [0, 0.1) is 12.8 Å². The molecule has 0 radical (unpaired) electrons. The van der Waals surface area contributed by atoms with E-state index in [1.165, 1.54) is 16.3 Å². The van der Waals surface area contributed by atoms with Gasteiger partial charge in [-0.15, -0.1) is 0 Å². The van der Waals surface area contributed by atoms with E-state index in [9.17, 15) is 4.79 Å². The number of aryl methyl sites for hydroxylation is 1. The third kappa shape index (κ3) is 4.85. The molecule has 1 aliphatic rings.